The lowest BCUT2D eigenvalue weighted by atomic mass is 10.1. The number of aromatic nitrogens is 2. The van der Waals surface area contributed by atoms with E-state index < -0.39 is 0 Å². The van der Waals surface area contributed by atoms with Crippen molar-refractivity contribution in [1.29, 1.82) is 0 Å². The summed E-state index contributed by atoms with van der Waals surface area (Å²) < 4.78 is 7.92. The van der Waals surface area contributed by atoms with Crippen LogP contribution in [0.3, 0.4) is 0 Å². The number of nitrogens with zero attached hydrogens (tertiary/aromatic N) is 3. The summed E-state index contributed by atoms with van der Waals surface area (Å²) in [5, 5.41) is 2.42. The van der Waals surface area contributed by atoms with E-state index in [1.54, 1.807) is 7.11 Å². The number of ether oxygens (including phenoxy) is 1. The normalized spacial score (nSPS) is 18.4. The van der Waals surface area contributed by atoms with Crippen molar-refractivity contribution in [2.45, 2.75) is 77.4 Å². The van der Waals surface area contributed by atoms with E-state index in [9.17, 15) is 0 Å². The predicted molar refractivity (Wildman–Crippen MR) is 120 cm³/mol. The maximum Gasteiger partial charge on any atom is 0.140 e. The first kappa shape index (κ1) is 22.0. The van der Waals surface area contributed by atoms with Crippen LogP contribution in [0.15, 0.2) is 36.5 Å². The van der Waals surface area contributed by atoms with Crippen LogP contribution in [0.25, 0.3) is 11.4 Å². The van der Waals surface area contributed by atoms with E-state index in [0.29, 0.717) is 6.04 Å². The van der Waals surface area contributed by atoms with Gasteiger partial charge in [-0.05, 0) is 25.7 Å². The van der Waals surface area contributed by atoms with Crippen molar-refractivity contribution >= 4 is 0 Å². The third kappa shape index (κ3) is 5.68. The zero-order valence-corrected chi connectivity index (χ0v) is 18.4. The van der Waals surface area contributed by atoms with Crippen molar-refractivity contribution in [2.75, 3.05) is 20.3 Å². The Labute approximate surface area is 176 Å². The van der Waals surface area contributed by atoms with E-state index in [1.165, 1.54) is 49.8 Å². The lowest BCUT2D eigenvalue weighted by molar-refractivity contribution is 0.0677. The Morgan fingerprint density at radius 3 is 2.69 bits per heavy atom. The Bertz CT molecular complexity index is 715. The van der Waals surface area contributed by atoms with Crippen LogP contribution in [0.4, 0.5) is 0 Å². The van der Waals surface area contributed by atoms with Gasteiger partial charge in [0.15, 0.2) is 0 Å². The summed E-state index contributed by atoms with van der Waals surface area (Å²) in [4.78, 5) is 4.88. The minimum absolute atomic E-state index is 0.286. The van der Waals surface area contributed by atoms with Gasteiger partial charge in [-0.1, -0.05) is 63.4 Å². The van der Waals surface area contributed by atoms with Gasteiger partial charge in [-0.3, -0.25) is 0 Å². The first-order valence-corrected chi connectivity index (χ1v) is 11.4. The minimum Gasteiger partial charge on any atom is -0.383 e. The van der Waals surface area contributed by atoms with E-state index in [-0.39, 0.29) is 6.04 Å². The van der Waals surface area contributed by atoms with Crippen LogP contribution < -0.4 is 5.43 Å². The molecule has 5 nitrogen and oxygen atoms in total. The van der Waals surface area contributed by atoms with Crippen molar-refractivity contribution in [3.8, 4) is 11.4 Å². The number of nitrogens with one attached hydrogen (secondary N) is 1. The molecule has 2 atom stereocenters. The molecule has 1 aromatic carbocycles. The predicted octanol–water partition coefficient (Wildman–Crippen LogP) is 5.20. The Kier molecular flexibility index (Phi) is 8.71. The highest BCUT2D eigenvalue weighted by molar-refractivity contribution is 5.56. The van der Waals surface area contributed by atoms with Gasteiger partial charge in [-0.25, -0.2) is 15.4 Å². The Morgan fingerprint density at radius 1 is 1.17 bits per heavy atom. The third-order valence-electron chi connectivity index (χ3n) is 5.91. The van der Waals surface area contributed by atoms with Crippen LogP contribution in [0.5, 0.6) is 0 Å². The van der Waals surface area contributed by atoms with Gasteiger partial charge < -0.3 is 9.30 Å². The van der Waals surface area contributed by atoms with Gasteiger partial charge in [0, 0.05) is 31.8 Å². The molecule has 0 amide bonds. The lowest BCUT2D eigenvalue weighted by Gasteiger charge is -2.31. The number of hydrogen-bond acceptors (Lipinski definition) is 4. The second-order valence-electron chi connectivity index (χ2n) is 8.15. The van der Waals surface area contributed by atoms with Gasteiger partial charge in [0.25, 0.3) is 0 Å². The van der Waals surface area contributed by atoms with Crippen molar-refractivity contribution in [2.24, 2.45) is 0 Å². The molecular formula is C24H38N4O. The maximum absolute atomic E-state index is 5.46. The number of benzene rings is 1. The first-order chi connectivity index (χ1) is 14.3. The smallest absolute Gasteiger partial charge is 0.140 e. The molecule has 1 aromatic heterocycles. The molecular weight excluding hydrogens is 360 g/mol. The summed E-state index contributed by atoms with van der Waals surface area (Å²) in [5.41, 5.74) is 6.39. The topological polar surface area (TPSA) is 42.3 Å². The molecule has 1 saturated heterocycles. The Hall–Kier alpha value is -1.69. The molecule has 2 heterocycles. The molecule has 160 valence electrons. The molecule has 0 bridgehead atoms. The van der Waals surface area contributed by atoms with Gasteiger partial charge in [-0.2, -0.15) is 0 Å². The molecule has 2 aromatic rings. The van der Waals surface area contributed by atoms with E-state index in [1.807, 2.05) is 0 Å². The van der Waals surface area contributed by atoms with Crippen LogP contribution in [-0.4, -0.2) is 40.9 Å². The molecule has 3 rings (SSSR count). The van der Waals surface area contributed by atoms with Crippen molar-refractivity contribution < 1.29 is 4.74 Å². The monoisotopic (exact) mass is 398 g/mol. The molecule has 5 heteroatoms. The average Bonchev–Trinajstić information content (AvgIpc) is 3.37. The van der Waals surface area contributed by atoms with E-state index in [2.05, 4.69) is 65.4 Å². The number of methoxy groups -OCH3 is 1. The fourth-order valence-corrected chi connectivity index (χ4v) is 4.29. The highest BCUT2D eigenvalue weighted by Crippen LogP contribution is 2.28. The standard InChI is InChI=1S/C24H38N4O/c1-4-6-15-22(26-28-17-11-14-21(28)19-29-3)23-18-25-24(27(23)16-7-5-2)20-12-9-8-10-13-20/h8-10,12-13,18,21-22,26H,4-7,11,14-17,19H2,1-3H3. The molecule has 0 spiro atoms. The molecule has 0 saturated carbocycles. The fraction of sp³-hybridized carbons (Fsp3) is 0.625. The van der Waals surface area contributed by atoms with Gasteiger partial charge in [0.2, 0.25) is 0 Å². The fourth-order valence-electron chi connectivity index (χ4n) is 4.29. The lowest BCUT2D eigenvalue weighted by Crippen LogP contribution is -2.45. The van der Waals surface area contributed by atoms with Crippen LogP contribution in [0.2, 0.25) is 0 Å². The molecule has 1 aliphatic heterocycles. The van der Waals surface area contributed by atoms with Crippen molar-refractivity contribution in [3.05, 3.63) is 42.2 Å². The molecule has 29 heavy (non-hydrogen) atoms. The molecule has 0 radical (unpaired) electrons. The van der Waals surface area contributed by atoms with E-state index >= 15 is 0 Å². The van der Waals surface area contributed by atoms with Crippen LogP contribution in [0.1, 0.15) is 70.5 Å². The summed E-state index contributed by atoms with van der Waals surface area (Å²) in [6, 6.07) is 11.3. The molecule has 2 unspecified atom stereocenters. The molecule has 1 fully saturated rings. The number of unbranched alkanes of at least 4 members (excludes halogenated alkanes) is 2. The highest BCUT2D eigenvalue weighted by atomic mass is 16.5. The minimum atomic E-state index is 0.286. The van der Waals surface area contributed by atoms with Crippen LogP contribution in [0, 0.1) is 0 Å². The second kappa shape index (κ2) is 11.5. The number of imidazole rings is 1. The van der Waals surface area contributed by atoms with Crippen LogP contribution in [-0.2, 0) is 11.3 Å². The molecule has 0 aliphatic carbocycles. The average molecular weight is 399 g/mol. The van der Waals surface area contributed by atoms with Crippen molar-refractivity contribution in [3.63, 3.8) is 0 Å². The third-order valence-corrected chi connectivity index (χ3v) is 5.91. The zero-order valence-electron chi connectivity index (χ0n) is 18.4. The molecule has 1 N–H and O–H groups in total. The summed E-state index contributed by atoms with van der Waals surface area (Å²) in [6.07, 6.45) is 10.4. The number of hydrazine groups is 1. The summed E-state index contributed by atoms with van der Waals surface area (Å²) in [6.45, 7) is 7.42. The number of rotatable bonds is 12. The quantitative estimate of drug-likeness (QED) is 0.534. The van der Waals surface area contributed by atoms with Crippen molar-refractivity contribution in [1.82, 2.24) is 20.0 Å². The van der Waals surface area contributed by atoms with Gasteiger partial charge in [-0.15, -0.1) is 0 Å². The largest absolute Gasteiger partial charge is 0.383 e. The van der Waals surface area contributed by atoms with Gasteiger partial charge >= 0.3 is 0 Å². The summed E-state index contributed by atoms with van der Waals surface area (Å²) >= 11 is 0. The zero-order chi connectivity index (χ0) is 20.5. The van der Waals surface area contributed by atoms with E-state index in [0.717, 1.165) is 31.9 Å². The Balaban J connectivity index is 1.88. The molecule has 1 aliphatic rings. The first-order valence-electron chi connectivity index (χ1n) is 11.4. The number of hydrogen-bond donors (Lipinski definition) is 1. The SMILES string of the molecule is CCCCC(NN1CCCC1COC)c1cnc(-c2ccccc2)n1CCCC. The second-order valence-corrected chi connectivity index (χ2v) is 8.15. The Morgan fingerprint density at radius 2 is 1.97 bits per heavy atom. The van der Waals surface area contributed by atoms with Gasteiger partial charge in [0.1, 0.15) is 5.82 Å². The summed E-state index contributed by atoms with van der Waals surface area (Å²) in [5.74, 6) is 1.09. The van der Waals surface area contributed by atoms with Gasteiger partial charge in [0.05, 0.1) is 24.5 Å². The maximum atomic E-state index is 5.46. The van der Waals surface area contributed by atoms with E-state index in [4.69, 9.17) is 9.72 Å². The highest BCUT2D eigenvalue weighted by Gasteiger charge is 2.28. The van der Waals surface area contributed by atoms with Crippen LogP contribution >= 0.6 is 0 Å². The summed E-state index contributed by atoms with van der Waals surface area (Å²) in [7, 11) is 1.80.